The predicted octanol–water partition coefficient (Wildman–Crippen LogP) is 1.17. The number of fused-ring (bicyclic) bond motifs is 1. The third kappa shape index (κ3) is 6.05. The molecule has 1 aliphatic rings. The van der Waals surface area contributed by atoms with Crippen LogP contribution < -0.4 is 11.1 Å². The highest BCUT2D eigenvalue weighted by Crippen LogP contribution is 2.15. The first-order chi connectivity index (χ1) is 16.9. The smallest absolute Gasteiger partial charge is 0.244 e. The van der Waals surface area contributed by atoms with Crippen LogP contribution in [-0.2, 0) is 27.3 Å². The van der Waals surface area contributed by atoms with Gasteiger partial charge in [0.05, 0.1) is 17.8 Å². The molecule has 9 heteroatoms. The van der Waals surface area contributed by atoms with Gasteiger partial charge in [0, 0.05) is 56.9 Å². The number of nitrogens with zero attached hydrogens (tertiary/aromatic N) is 4. The van der Waals surface area contributed by atoms with Crippen LogP contribution in [0.3, 0.4) is 0 Å². The van der Waals surface area contributed by atoms with E-state index in [9.17, 15) is 14.4 Å². The Bertz CT molecular complexity index is 1170. The summed E-state index contributed by atoms with van der Waals surface area (Å²) in [6.45, 7) is 4.09. The molecule has 35 heavy (non-hydrogen) atoms. The molecule has 0 spiro atoms. The molecule has 3 heterocycles. The van der Waals surface area contributed by atoms with Crippen LogP contribution in [0.5, 0.6) is 0 Å². The Balaban J connectivity index is 1.21. The van der Waals surface area contributed by atoms with Crippen LogP contribution in [0.2, 0.25) is 0 Å². The molecular formula is C26H32N6O3. The predicted molar refractivity (Wildman–Crippen MR) is 133 cm³/mol. The van der Waals surface area contributed by atoms with Gasteiger partial charge >= 0.3 is 0 Å². The monoisotopic (exact) mass is 476 g/mol. The molecule has 3 aromatic rings. The summed E-state index contributed by atoms with van der Waals surface area (Å²) in [5, 5.41) is 3.84. The van der Waals surface area contributed by atoms with Crippen molar-refractivity contribution >= 4 is 28.6 Å². The fourth-order valence-electron chi connectivity index (χ4n) is 4.39. The molecule has 3 N–H and O–H groups in total. The van der Waals surface area contributed by atoms with Gasteiger partial charge in [-0.15, -0.1) is 0 Å². The lowest BCUT2D eigenvalue weighted by atomic mass is 10.1. The summed E-state index contributed by atoms with van der Waals surface area (Å²) in [4.78, 5) is 45.7. The average molecular weight is 477 g/mol. The highest BCUT2D eigenvalue weighted by molar-refractivity contribution is 5.89. The number of rotatable bonds is 8. The topological polar surface area (TPSA) is 114 Å². The molecule has 0 saturated carbocycles. The average Bonchev–Trinajstić information content (AvgIpc) is 3.30. The number of pyridine rings is 1. The van der Waals surface area contributed by atoms with Crippen molar-refractivity contribution in [3.63, 3.8) is 0 Å². The highest BCUT2D eigenvalue weighted by atomic mass is 16.2. The molecule has 0 bridgehead atoms. The molecule has 4 rings (SSSR count). The van der Waals surface area contributed by atoms with Crippen molar-refractivity contribution in [2.24, 2.45) is 5.73 Å². The number of carbonyl (C=O) groups excluding carboxylic acids is 3. The second-order valence-corrected chi connectivity index (χ2v) is 8.93. The zero-order valence-corrected chi connectivity index (χ0v) is 20.0. The van der Waals surface area contributed by atoms with Gasteiger partial charge in [0.1, 0.15) is 6.04 Å². The number of aryl methyl sites for hydroxylation is 1. The van der Waals surface area contributed by atoms with E-state index in [4.69, 9.17) is 5.73 Å². The normalized spacial score (nSPS) is 15.6. The van der Waals surface area contributed by atoms with Crippen LogP contribution in [0.1, 0.15) is 18.9 Å². The van der Waals surface area contributed by atoms with Crippen molar-refractivity contribution in [1.29, 1.82) is 0 Å². The maximum Gasteiger partial charge on any atom is 0.244 e. The number of benzene rings is 1. The number of piperazine rings is 1. The number of carbonyl (C=O) groups is 3. The van der Waals surface area contributed by atoms with E-state index >= 15 is 0 Å². The number of nitrogens with one attached hydrogen (secondary N) is 1. The van der Waals surface area contributed by atoms with Crippen molar-refractivity contribution in [2.45, 2.75) is 38.4 Å². The molecule has 1 fully saturated rings. The SMILES string of the molecule is C[C@H](NC(=O)[C@H](N)Cc1ccccc1)C(=O)N1CCN(C(=O)CCn2ccc3ccncc32)CC1. The summed E-state index contributed by atoms with van der Waals surface area (Å²) >= 11 is 0. The maximum atomic E-state index is 12.9. The van der Waals surface area contributed by atoms with Gasteiger partial charge in [0.2, 0.25) is 17.7 Å². The van der Waals surface area contributed by atoms with Crippen molar-refractivity contribution in [3.8, 4) is 0 Å². The van der Waals surface area contributed by atoms with E-state index in [0.29, 0.717) is 45.6 Å². The van der Waals surface area contributed by atoms with Crippen LogP contribution in [0, 0.1) is 0 Å². The van der Waals surface area contributed by atoms with Gasteiger partial charge in [-0.25, -0.2) is 0 Å². The Hall–Kier alpha value is -3.72. The molecule has 184 valence electrons. The molecule has 1 aromatic carbocycles. The zero-order valence-electron chi connectivity index (χ0n) is 20.0. The molecule has 0 unspecified atom stereocenters. The minimum atomic E-state index is -0.727. The molecule has 0 radical (unpaired) electrons. The summed E-state index contributed by atoms with van der Waals surface area (Å²) in [6, 6.07) is 12.1. The van der Waals surface area contributed by atoms with Crippen LogP contribution >= 0.6 is 0 Å². The first kappa shape index (κ1) is 24.4. The number of nitrogens with two attached hydrogens (primary N) is 1. The third-order valence-electron chi connectivity index (χ3n) is 6.45. The summed E-state index contributed by atoms with van der Waals surface area (Å²) in [5.74, 6) is -0.448. The second kappa shape index (κ2) is 11.1. The van der Waals surface area contributed by atoms with Gasteiger partial charge in [-0.1, -0.05) is 30.3 Å². The highest BCUT2D eigenvalue weighted by Gasteiger charge is 2.28. The molecule has 1 aliphatic heterocycles. The van der Waals surface area contributed by atoms with E-state index in [1.54, 1.807) is 29.1 Å². The zero-order chi connectivity index (χ0) is 24.8. The lowest BCUT2D eigenvalue weighted by Crippen LogP contribution is -2.56. The molecule has 0 aliphatic carbocycles. The molecule has 2 atom stereocenters. The minimum Gasteiger partial charge on any atom is -0.346 e. The van der Waals surface area contributed by atoms with Gasteiger partial charge in [-0.2, -0.15) is 0 Å². The van der Waals surface area contributed by atoms with E-state index in [2.05, 4.69) is 10.3 Å². The first-order valence-electron chi connectivity index (χ1n) is 12.0. The number of hydrogen-bond acceptors (Lipinski definition) is 5. The molecule has 3 amide bonds. The van der Waals surface area contributed by atoms with Crippen molar-refractivity contribution < 1.29 is 14.4 Å². The van der Waals surface area contributed by atoms with E-state index in [1.165, 1.54) is 0 Å². The van der Waals surface area contributed by atoms with Crippen LogP contribution in [0.15, 0.2) is 61.1 Å². The van der Waals surface area contributed by atoms with E-state index in [0.717, 1.165) is 16.5 Å². The van der Waals surface area contributed by atoms with Gasteiger partial charge in [-0.05, 0) is 31.0 Å². The van der Waals surface area contributed by atoms with Crippen LogP contribution in [0.4, 0.5) is 0 Å². The van der Waals surface area contributed by atoms with Gasteiger partial charge in [-0.3, -0.25) is 19.4 Å². The maximum absolute atomic E-state index is 12.9. The van der Waals surface area contributed by atoms with Crippen LogP contribution in [0.25, 0.3) is 10.9 Å². The summed E-state index contributed by atoms with van der Waals surface area (Å²) < 4.78 is 2.03. The summed E-state index contributed by atoms with van der Waals surface area (Å²) in [7, 11) is 0. The van der Waals surface area contributed by atoms with Crippen LogP contribution in [-0.4, -0.2) is 75.3 Å². The molecule has 9 nitrogen and oxygen atoms in total. The van der Waals surface area contributed by atoms with Crippen molar-refractivity contribution in [1.82, 2.24) is 24.7 Å². The number of amides is 3. The lowest BCUT2D eigenvalue weighted by Gasteiger charge is -2.36. The Kier molecular flexibility index (Phi) is 7.77. The Morgan fingerprint density at radius 2 is 1.74 bits per heavy atom. The van der Waals surface area contributed by atoms with E-state index < -0.39 is 12.1 Å². The van der Waals surface area contributed by atoms with Gasteiger partial charge < -0.3 is 25.4 Å². The fraction of sp³-hybridized carbons (Fsp3) is 0.385. The number of hydrogen-bond donors (Lipinski definition) is 2. The van der Waals surface area contributed by atoms with Crippen molar-refractivity contribution in [2.75, 3.05) is 26.2 Å². The first-order valence-corrected chi connectivity index (χ1v) is 12.0. The van der Waals surface area contributed by atoms with Gasteiger partial charge in [0.25, 0.3) is 0 Å². The molecule has 2 aromatic heterocycles. The summed E-state index contributed by atoms with van der Waals surface area (Å²) in [6.07, 6.45) is 6.32. The molecule has 1 saturated heterocycles. The Morgan fingerprint density at radius 1 is 1.03 bits per heavy atom. The largest absolute Gasteiger partial charge is 0.346 e. The van der Waals surface area contributed by atoms with E-state index in [1.807, 2.05) is 53.2 Å². The van der Waals surface area contributed by atoms with E-state index in [-0.39, 0.29) is 17.7 Å². The Labute approximate surface area is 204 Å². The van der Waals surface area contributed by atoms with Gasteiger partial charge in [0.15, 0.2) is 0 Å². The quantitative estimate of drug-likeness (QED) is 0.507. The number of aromatic nitrogens is 2. The fourth-order valence-corrected chi connectivity index (χ4v) is 4.39. The Morgan fingerprint density at radius 3 is 2.49 bits per heavy atom. The third-order valence-corrected chi connectivity index (χ3v) is 6.45. The standard InChI is InChI=1S/C26H32N6O3/c1-19(29-25(34)22(27)17-20-5-3-2-4-6-20)26(35)32-15-13-31(14-16-32)24(33)9-12-30-11-8-21-7-10-28-18-23(21)30/h2-8,10-11,18-19,22H,9,12-17,27H2,1H3,(H,29,34)/t19-,22+/m0/s1. The lowest BCUT2D eigenvalue weighted by molar-refractivity contribution is -0.141. The minimum absolute atomic E-state index is 0.0658. The molecular weight excluding hydrogens is 444 g/mol. The van der Waals surface area contributed by atoms with Crippen molar-refractivity contribution in [3.05, 3.63) is 66.6 Å². The summed E-state index contributed by atoms with van der Waals surface area (Å²) in [5.41, 5.74) is 8.01. The second-order valence-electron chi connectivity index (χ2n) is 8.93.